The van der Waals surface area contributed by atoms with Gasteiger partial charge in [0.15, 0.2) is 0 Å². The first-order valence-corrected chi connectivity index (χ1v) is 4.58. The molecule has 0 radical (unpaired) electrons. The molecular formula is C9H21NO3. The highest BCUT2D eigenvalue weighted by atomic mass is 16.5. The van der Waals surface area contributed by atoms with Crippen molar-refractivity contribution in [2.45, 2.75) is 20.3 Å². The van der Waals surface area contributed by atoms with Crippen LogP contribution in [0, 0.1) is 0 Å². The molecule has 0 bridgehead atoms. The summed E-state index contributed by atoms with van der Waals surface area (Å²) in [7, 11) is 3.22. The van der Waals surface area contributed by atoms with Gasteiger partial charge < -0.3 is 14.8 Å². The van der Waals surface area contributed by atoms with Crippen molar-refractivity contribution in [2.24, 2.45) is 0 Å². The molecule has 0 aromatic rings. The molecule has 13 heavy (non-hydrogen) atoms. The average Bonchev–Trinajstić information content (AvgIpc) is 2.20. The van der Waals surface area contributed by atoms with Crippen molar-refractivity contribution in [3.63, 3.8) is 0 Å². The fourth-order valence-electron chi connectivity index (χ4n) is 0.534. The maximum absolute atomic E-state index is 10.6. The zero-order valence-electron chi connectivity index (χ0n) is 9.05. The normalized spacial score (nSPS) is 8.62. The summed E-state index contributed by atoms with van der Waals surface area (Å²) in [4.78, 5) is 10.6. The lowest BCUT2D eigenvalue weighted by Gasteiger charge is -2.01. The first kappa shape index (κ1) is 14.9. The summed E-state index contributed by atoms with van der Waals surface area (Å²) in [5.41, 5.74) is 0. The summed E-state index contributed by atoms with van der Waals surface area (Å²) in [5, 5.41) is 2.51. The minimum Gasteiger partial charge on any atom is -0.382 e. The van der Waals surface area contributed by atoms with E-state index in [2.05, 4.69) is 5.32 Å². The lowest BCUT2D eigenvalue weighted by Crippen LogP contribution is -2.19. The van der Waals surface area contributed by atoms with Crippen molar-refractivity contribution in [2.75, 3.05) is 34.0 Å². The molecule has 1 amide bonds. The van der Waals surface area contributed by atoms with Gasteiger partial charge >= 0.3 is 0 Å². The lowest BCUT2D eigenvalue weighted by atomic mass is 10.4. The van der Waals surface area contributed by atoms with Crippen molar-refractivity contribution in [3.8, 4) is 0 Å². The standard InChI is InChI=1S/C7H15NO3.C2H6/c1-8-7(9)3-4-11-6-5-10-2;1-2/h3-6H2,1-2H3,(H,8,9);1-2H3. The SMILES string of the molecule is CC.CNC(=O)CCOCCOC. The Morgan fingerprint density at radius 2 is 1.85 bits per heavy atom. The van der Waals surface area contributed by atoms with Crippen LogP contribution in [0.3, 0.4) is 0 Å². The van der Waals surface area contributed by atoms with Gasteiger partial charge in [0.1, 0.15) is 0 Å². The Hall–Kier alpha value is -0.610. The second-order valence-electron chi connectivity index (χ2n) is 2.03. The van der Waals surface area contributed by atoms with E-state index in [4.69, 9.17) is 9.47 Å². The van der Waals surface area contributed by atoms with Crippen LogP contribution in [0.15, 0.2) is 0 Å². The van der Waals surface area contributed by atoms with Gasteiger partial charge in [-0.05, 0) is 0 Å². The molecule has 0 saturated carbocycles. The van der Waals surface area contributed by atoms with Crippen LogP contribution in [-0.4, -0.2) is 39.9 Å². The molecule has 0 spiro atoms. The second-order valence-corrected chi connectivity index (χ2v) is 2.03. The predicted molar refractivity (Wildman–Crippen MR) is 52.7 cm³/mol. The highest BCUT2D eigenvalue weighted by molar-refractivity contribution is 5.75. The van der Waals surface area contributed by atoms with E-state index in [-0.39, 0.29) is 5.91 Å². The maximum atomic E-state index is 10.6. The Morgan fingerprint density at radius 1 is 1.23 bits per heavy atom. The zero-order chi connectivity index (χ0) is 10.5. The Balaban J connectivity index is 0. The minimum atomic E-state index is 0.00224. The number of nitrogens with one attached hydrogen (secondary N) is 1. The van der Waals surface area contributed by atoms with Gasteiger partial charge in [-0.3, -0.25) is 4.79 Å². The van der Waals surface area contributed by atoms with E-state index in [1.807, 2.05) is 13.8 Å². The fourth-order valence-corrected chi connectivity index (χ4v) is 0.534. The third-order valence-electron chi connectivity index (χ3n) is 1.18. The molecule has 0 aliphatic carbocycles. The van der Waals surface area contributed by atoms with Gasteiger partial charge in [0, 0.05) is 20.6 Å². The number of methoxy groups -OCH3 is 1. The molecule has 4 heteroatoms. The smallest absolute Gasteiger partial charge is 0.222 e. The Morgan fingerprint density at radius 3 is 2.31 bits per heavy atom. The highest BCUT2D eigenvalue weighted by Gasteiger charge is 1.95. The van der Waals surface area contributed by atoms with E-state index < -0.39 is 0 Å². The monoisotopic (exact) mass is 191 g/mol. The Kier molecular flexibility index (Phi) is 16.0. The van der Waals surface area contributed by atoms with Crippen molar-refractivity contribution < 1.29 is 14.3 Å². The molecule has 0 rings (SSSR count). The molecular weight excluding hydrogens is 170 g/mol. The van der Waals surface area contributed by atoms with Crippen molar-refractivity contribution >= 4 is 5.91 Å². The molecule has 0 atom stereocenters. The topological polar surface area (TPSA) is 47.6 Å². The van der Waals surface area contributed by atoms with Crippen LogP contribution < -0.4 is 5.32 Å². The van der Waals surface area contributed by atoms with Crippen LogP contribution in [0.4, 0.5) is 0 Å². The number of ether oxygens (including phenoxy) is 2. The summed E-state index contributed by atoms with van der Waals surface area (Å²) in [6.07, 6.45) is 0.417. The van der Waals surface area contributed by atoms with Gasteiger partial charge in [-0.15, -0.1) is 0 Å². The number of rotatable bonds is 6. The number of amides is 1. The first-order chi connectivity index (χ1) is 6.31. The van der Waals surface area contributed by atoms with Gasteiger partial charge in [0.05, 0.1) is 19.8 Å². The van der Waals surface area contributed by atoms with Crippen molar-refractivity contribution in [3.05, 3.63) is 0 Å². The molecule has 0 aliphatic rings. The molecule has 0 unspecified atom stereocenters. The van der Waals surface area contributed by atoms with Crippen LogP contribution in [0.1, 0.15) is 20.3 Å². The molecule has 0 aromatic carbocycles. The van der Waals surface area contributed by atoms with Crippen LogP contribution in [0.25, 0.3) is 0 Å². The molecule has 1 N–H and O–H groups in total. The van der Waals surface area contributed by atoms with Gasteiger partial charge in [-0.25, -0.2) is 0 Å². The number of carbonyl (C=O) groups excluding carboxylic acids is 1. The molecule has 0 fully saturated rings. The van der Waals surface area contributed by atoms with E-state index in [0.717, 1.165) is 0 Å². The molecule has 0 aromatic heterocycles. The number of hydrogen-bond acceptors (Lipinski definition) is 3. The summed E-state index contributed by atoms with van der Waals surface area (Å²) in [5.74, 6) is 0.00224. The molecule has 0 saturated heterocycles. The van der Waals surface area contributed by atoms with E-state index in [9.17, 15) is 4.79 Å². The van der Waals surface area contributed by atoms with Crippen LogP contribution in [0.5, 0.6) is 0 Å². The highest BCUT2D eigenvalue weighted by Crippen LogP contribution is 1.82. The summed E-state index contributed by atoms with van der Waals surface area (Å²) >= 11 is 0. The average molecular weight is 191 g/mol. The Bertz CT molecular complexity index is 107. The summed E-state index contributed by atoms with van der Waals surface area (Å²) in [6.45, 7) is 5.59. The molecule has 4 nitrogen and oxygen atoms in total. The van der Waals surface area contributed by atoms with Crippen LogP contribution >= 0.6 is 0 Å². The first-order valence-electron chi connectivity index (χ1n) is 4.58. The van der Waals surface area contributed by atoms with E-state index in [0.29, 0.717) is 26.2 Å². The lowest BCUT2D eigenvalue weighted by molar-refractivity contribution is -0.121. The molecule has 80 valence electrons. The van der Waals surface area contributed by atoms with Crippen molar-refractivity contribution in [1.82, 2.24) is 5.32 Å². The third-order valence-corrected chi connectivity index (χ3v) is 1.18. The third kappa shape index (κ3) is 14.3. The van der Waals surface area contributed by atoms with Crippen LogP contribution in [0.2, 0.25) is 0 Å². The van der Waals surface area contributed by atoms with Crippen molar-refractivity contribution in [1.29, 1.82) is 0 Å². The minimum absolute atomic E-state index is 0.00224. The number of carbonyl (C=O) groups is 1. The fraction of sp³-hybridized carbons (Fsp3) is 0.889. The summed E-state index contributed by atoms with van der Waals surface area (Å²) in [6, 6.07) is 0. The maximum Gasteiger partial charge on any atom is 0.222 e. The summed E-state index contributed by atoms with van der Waals surface area (Å²) < 4.78 is 9.81. The molecule has 0 heterocycles. The second kappa shape index (κ2) is 13.9. The molecule has 0 aliphatic heterocycles. The van der Waals surface area contributed by atoms with Crippen LogP contribution in [-0.2, 0) is 14.3 Å². The van der Waals surface area contributed by atoms with Gasteiger partial charge in [0.25, 0.3) is 0 Å². The number of hydrogen-bond donors (Lipinski definition) is 1. The largest absolute Gasteiger partial charge is 0.382 e. The van der Waals surface area contributed by atoms with Gasteiger partial charge in [-0.2, -0.15) is 0 Å². The van der Waals surface area contributed by atoms with E-state index >= 15 is 0 Å². The predicted octanol–water partition coefficient (Wildman–Crippen LogP) is 0.812. The quantitative estimate of drug-likeness (QED) is 0.632. The van der Waals surface area contributed by atoms with Gasteiger partial charge in [-0.1, -0.05) is 13.8 Å². The van der Waals surface area contributed by atoms with E-state index in [1.54, 1.807) is 14.2 Å². The van der Waals surface area contributed by atoms with E-state index in [1.165, 1.54) is 0 Å². The zero-order valence-corrected chi connectivity index (χ0v) is 9.05. The Labute approximate surface area is 80.6 Å². The van der Waals surface area contributed by atoms with Gasteiger partial charge in [0.2, 0.25) is 5.91 Å².